The highest BCUT2D eigenvalue weighted by Gasteiger charge is 2.13. The van der Waals surface area contributed by atoms with E-state index in [1.165, 1.54) is 0 Å². The molecule has 0 rings (SSSR count). The predicted molar refractivity (Wildman–Crippen MR) is 66.3 cm³/mol. The van der Waals surface area contributed by atoms with Gasteiger partial charge in [0.25, 0.3) is 5.97 Å². The fraction of sp³-hybridized carbons (Fsp3) is 0.909. The summed E-state index contributed by atoms with van der Waals surface area (Å²) in [5.41, 5.74) is -0.306. The molecule has 0 aromatic rings. The molecule has 0 amide bonds. The predicted octanol–water partition coefficient (Wildman–Crippen LogP) is -0.924. The van der Waals surface area contributed by atoms with Gasteiger partial charge in [-0.05, 0) is 0 Å². The van der Waals surface area contributed by atoms with Crippen LogP contribution in [-0.4, -0.2) is 71.1 Å². The maximum Gasteiger partial charge on any atom is 0.300 e. The molecular weight excluding hydrogens is 244 g/mol. The van der Waals surface area contributed by atoms with Crippen molar-refractivity contribution in [3.05, 3.63) is 0 Å². The number of carboxylic acid groups (broad SMARTS) is 1. The summed E-state index contributed by atoms with van der Waals surface area (Å²) in [6.07, 6.45) is 0. The molecule has 0 fully saturated rings. The smallest absolute Gasteiger partial charge is 0.300 e. The van der Waals surface area contributed by atoms with Gasteiger partial charge in [0.2, 0.25) is 0 Å². The molecule has 0 saturated carbocycles. The SMILES string of the molecule is CC(=O)O.CC(C)(CO)CO.OCCOCCO. The van der Waals surface area contributed by atoms with Gasteiger partial charge in [0.05, 0.1) is 39.6 Å². The van der Waals surface area contributed by atoms with Crippen LogP contribution in [0, 0.1) is 5.41 Å². The lowest BCUT2D eigenvalue weighted by molar-refractivity contribution is -0.134. The van der Waals surface area contributed by atoms with Crippen molar-refractivity contribution in [1.82, 2.24) is 0 Å². The summed E-state index contributed by atoms with van der Waals surface area (Å²) < 4.78 is 4.63. The summed E-state index contributed by atoms with van der Waals surface area (Å²) in [5.74, 6) is -0.833. The van der Waals surface area contributed by atoms with Crippen LogP contribution in [0.25, 0.3) is 0 Å². The molecule has 0 atom stereocenters. The van der Waals surface area contributed by atoms with E-state index in [0.717, 1.165) is 6.92 Å². The van der Waals surface area contributed by atoms with Gasteiger partial charge in [-0.2, -0.15) is 0 Å². The van der Waals surface area contributed by atoms with Crippen molar-refractivity contribution >= 4 is 5.97 Å². The number of rotatable bonds is 6. The second kappa shape index (κ2) is 16.3. The van der Waals surface area contributed by atoms with E-state index in [-0.39, 0.29) is 31.8 Å². The Kier molecular flexibility index (Phi) is 20.3. The quantitative estimate of drug-likeness (QED) is 0.395. The van der Waals surface area contributed by atoms with Crippen LogP contribution in [0.2, 0.25) is 0 Å². The third-order valence-corrected chi connectivity index (χ3v) is 1.33. The molecule has 0 saturated heterocycles. The second-order valence-corrected chi connectivity index (χ2v) is 4.06. The summed E-state index contributed by atoms with van der Waals surface area (Å²) in [4.78, 5) is 9.00. The molecule has 0 spiro atoms. The highest BCUT2D eigenvalue weighted by atomic mass is 16.5. The summed E-state index contributed by atoms with van der Waals surface area (Å²) in [7, 11) is 0. The van der Waals surface area contributed by atoms with Crippen molar-refractivity contribution in [2.45, 2.75) is 20.8 Å². The molecule has 18 heavy (non-hydrogen) atoms. The van der Waals surface area contributed by atoms with Crippen molar-refractivity contribution in [2.75, 3.05) is 39.6 Å². The fourth-order valence-electron chi connectivity index (χ4n) is 0.281. The molecule has 5 N–H and O–H groups in total. The molecule has 0 aromatic heterocycles. The zero-order valence-electron chi connectivity index (χ0n) is 11.3. The highest BCUT2D eigenvalue weighted by Crippen LogP contribution is 2.10. The molecular formula is C11H26O7. The average molecular weight is 270 g/mol. The van der Waals surface area contributed by atoms with Crippen molar-refractivity contribution in [2.24, 2.45) is 5.41 Å². The minimum atomic E-state index is -0.833. The lowest BCUT2D eigenvalue weighted by atomic mass is 9.97. The Labute approximate surface area is 108 Å². The number of aliphatic hydroxyl groups excluding tert-OH is 4. The number of hydrogen-bond acceptors (Lipinski definition) is 6. The summed E-state index contributed by atoms with van der Waals surface area (Å²) in [5, 5.41) is 40.5. The number of carboxylic acids is 1. The van der Waals surface area contributed by atoms with Crippen LogP contribution in [0.3, 0.4) is 0 Å². The third kappa shape index (κ3) is 36.2. The van der Waals surface area contributed by atoms with Crippen LogP contribution in [0.15, 0.2) is 0 Å². The minimum absolute atomic E-state index is 0.0278. The van der Waals surface area contributed by atoms with Crippen LogP contribution in [-0.2, 0) is 9.53 Å². The van der Waals surface area contributed by atoms with Crippen LogP contribution in [0.1, 0.15) is 20.8 Å². The zero-order valence-corrected chi connectivity index (χ0v) is 11.3. The molecule has 0 aliphatic heterocycles. The first-order chi connectivity index (χ1) is 8.27. The van der Waals surface area contributed by atoms with Gasteiger partial charge in [-0.1, -0.05) is 13.8 Å². The van der Waals surface area contributed by atoms with Gasteiger partial charge >= 0.3 is 0 Å². The van der Waals surface area contributed by atoms with Crippen molar-refractivity contribution in [3.63, 3.8) is 0 Å². The molecule has 0 heterocycles. The normalized spacial score (nSPS) is 9.72. The second-order valence-electron chi connectivity index (χ2n) is 4.06. The average Bonchev–Trinajstić information content (AvgIpc) is 2.30. The van der Waals surface area contributed by atoms with E-state index in [4.69, 9.17) is 30.3 Å². The van der Waals surface area contributed by atoms with Gasteiger partial charge in [0.15, 0.2) is 0 Å². The first-order valence-corrected chi connectivity index (χ1v) is 5.48. The molecule has 0 aliphatic carbocycles. The van der Waals surface area contributed by atoms with E-state index < -0.39 is 5.97 Å². The van der Waals surface area contributed by atoms with E-state index >= 15 is 0 Å². The van der Waals surface area contributed by atoms with E-state index in [0.29, 0.717) is 13.2 Å². The van der Waals surface area contributed by atoms with E-state index in [1.54, 1.807) is 13.8 Å². The highest BCUT2D eigenvalue weighted by molar-refractivity contribution is 5.62. The first-order valence-electron chi connectivity index (χ1n) is 5.48. The topological polar surface area (TPSA) is 127 Å². The largest absolute Gasteiger partial charge is 0.481 e. The molecule has 0 aliphatic rings. The molecule has 7 nitrogen and oxygen atoms in total. The molecule has 0 radical (unpaired) electrons. The van der Waals surface area contributed by atoms with Crippen LogP contribution in [0.4, 0.5) is 0 Å². The lowest BCUT2D eigenvalue weighted by Gasteiger charge is -2.16. The maximum absolute atomic E-state index is 9.00. The fourth-order valence-corrected chi connectivity index (χ4v) is 0.281. The summed E-state index contributed by atoms with van der Waals surface area (Å²) in [6.45, 7) is 5.47. The van der Waals surface area contributed by atoms with Gasteiger partial charge in [0, 0.05) is 12.3 Å². The van der Waals surface area contributed by atoms with Gasteiger partial charge in [-0.25, -0.2) is 0 Å². The summed E-state index contributed by atoms with van der Waals surface area (Å²) in [6, 6.07) is 0. The Morgan fingerprint density at radius 1 is 1.00 bits per heavy atom. The number of aliphatic hydroxyl groups is 4. The Balaban J connectivity index is -0.000000196. The van der Waals surface area contributed by atoms with Crippen LogP contribution >= 0.6 is 0 Å². The molecule has 0 bridgehead atoms. The summed E-state index contributed by atoms with van der Waals surface area (Å²) >= 11 is 0. The van der Waals surface area contributed by atoms with E-state index in [2.05, 4.69) is 4.74 Å². The third-order valence-electron chi connectivity index (χ3n) is 1.33. The zero-order chi connectivity index (χ0) is 15.0. The van der Waals surface area contributed by atoms with Gasteiger partial charge in [-0.15, -0.1) is 0 Å². The molecule has 112 valence electrons. The number of ether oxygens (including phenoxy) is 1. The Hall–Kier alpha value is -0.730. The van der Waals surface area contributed by atoms with E-state index in [1.807, 2.05) is 0 Å². The molecule has 7 heteroatoms. The first kappa shape index (κ1) is 22.5. The van der Waals surface area contributed by atoms with Gasteiger partial charge in [-0.3, -0.25) is 4.79 Å². The Morgan fingerprint density at radius 2 is 1.28 bits per heavy atom. The molecule has 0 unspecified atom stereocenters. The monoisotopic (exact) mass is 270 g/mol. The van der Waals surface area contributed by atoms with Crippen LogP contribution in [0.5, 0.6) is 0 Å². The Morgan fingerprint density at radius 3 is 1.39 bits per heavy atom. The van der Waals surface area contributed by atoms with E-state index in [9.17, 15) is 0 Å². The van der Waals surface area contributed by atoms with Crippen LogP contribution < -0.4 is 0 Å². The van der Waals surface area contributed by atoms with Crippen molar-refractivity contribution < 1.29 is 35.1 Å². The lowest BCUT2D eigenvalue weighted by Crippen LogP contribution is -2.20. The minimum Gasteiger partial charge on any atom is -0.481 e. The number of carbonyl (C=O) groups is 1. The number of hydrogen-bond donors (Lipinski definition) is 5. The van der Waals surface area contributed by atoms with Gasteiger partial charge in [0.1, 0.15) is 0 Å². The van der Waals surface area contributed by atoms with Gasteiger partial charge < -0.3 is 30.3 Å². The number of aliphatic carboxylic acids is 1. The Bertz CT molecular complexity index is 157. The van der Waals surface area contributed by atoms with Crippen molar-refractivity contribution in [3.8, 4) is 0 Å². The standard InChI is InChI=1S/C5H12O2.C4H10O3.C2H4O2/c1-5(2,3-6)4-7;5-1-3-7-4-2-6;1-2(3)4/h6-7H,3-4H2,1-2H3;5-6H,1-4H2;1H3,(H,3,4). The maximum atomic E-state index is 9.00. The van der Waals surface area contributed by atoms with Crippen molar-refractivity contribution in [1.29, 1.82) is 0 Å². The molecule has 0 aromatic carbocycles.